The van der Waals surface area contributed by atoms with Crippen LogP contribution in [-0.2, 0) is 4.74 Å². The molecule has 6 nitrogen and oxygen atoms in total. The van der Waals surface area contributed by atoms with Crippen molar-refractivity contribution < 1.29 is 4.74 Å². The Labute approximate surface area is 157 Å². The summed E-state index contributed by atoms with van der Waals surface area (Å²) in [4.78, 5) is 8.93. The van der Waals surface area contributed by atoms with Gasteiger partial charge in [-0.2, -0.15) is 5.10 Å². The molecule has 0 saturated carbocycles. The summed E-state index contributed by atoms with van der Waals surface area (Å²) in [5, 5.41) is 8.42. The largest absolute Gasteiger partial charge is 0.381 e. The van der Waals surface area contributed by atoms with E-state index in [4.69, 9.17) is 16.3 Å². The highest BCUT2D eigenvalue weighted by Gasteiger charge is 2.14. The Balaban J connectivity index is 1.48. The maximum absolute atomic E-state index is 6.06. The van der Waals surface area contributed by atoms with Crippen LogP contribution < -0.4 is 5.32 Å². The predicted octanol–water partition coefficient (Wildman–Crippen LogP) is 3.82. The van der Waals surface area contributed by atoms with Crippen molar-refractivity contribution in [2.75, 3.05) is 25.1 Å². The predicted molar refractivity (Wildman–Crippen MR) is 102 cm³/mol. The van der Waals surface area contributed by atoms with Crippen molar-refractivity contribution in [2.24, 2.45) is 5.92 Å². The van der Waals surface area contributed by atoms with Gasteiger partial charge in [-0.25, -0.2) is 14.6 Å². The molecule has 4 rings (SSSR count). The van der Waals surface area contributed by atoms with E-state index in [2.05, 4.69) is 20.4 Å². The molecule has 0 bridgehead atoms. The molecule has 1 atom stereocenters. The monoisotopic (exact) mass is 369 g/mol. The van der Waals surface area contributed by atoms with Crippen LogP contribution in [0, 0.1) is 5.92 Å². The number of benzene rings is 1. The SMILES string of the molecule is Clc1cccc(-n2cc(-c3ccnc(NC[C@H]4CCCOC4)n3)cn2)c1. The van der Waals surface area contributed by atoms with Crippen molar-refractivity contribution in [3.05, 3.63) is 53.9 Å². The van der Waals surface area contributed by atoms with Crippen LogP contribution in [-0.4, -0.2) is 39.5 Å². The Morgan fingerprint density at radius 1 is 1.31 bits per heavy atom. The molecule has 1 N–H and O–H groups in total. The molecule has 0 radical (unpaired) electrons. The molecule has 134 valence electrons. The Bertz CT molecular complexity index is 876. The Morgan fingerprint density at radius 2 is 2.27 bits per heavy atom. The second-order valence-electron chi connectivity index (χ2n) is 6.38. The van der Waals surface area contributed by atoms with E-state index in [1.165, 1.54) is 6.42 Å². The second-order valence-corrected chi connectivity index (χ2v) is 6.82. The average Bonchev–Trinajstić information content (AvgIpc) is 3.18. The molecule has 7 heteroatoms. The summed E-state index contributed by atoms with van der Waals surface area (Å²) < 4.78 is 7.30. The minimum atomic E-state index is 0.515. The van der Waals surface area contributed by atoms with E-state index in [1.54, 1.807) is 17.1 Å². The van der Waals surface area contributed by atoms with Crippen molar-refractivity contribution in [3.8, 4) is 16.9 Å². The first-order valence-corrected chi connectivity index (χ1v) is 9.11. The van der Waals surface area contributed by atoms with Crippen molar-refractivity contribution in [1.82, 2.24) is 19.7 Å². The Morgan fingerprint density at radius 3 is 3.12 bits per heavy atom. The van der Waals surface area contributed by atoms with E-state index in [0.29, 0.717) is 16.9 Å². The fourth-order valence-corrected chi connectivity index (χ4v) is 3.21. The normalized spacial score (nSPS) is 17.2. The van der Waals surface area contributed by atoms with Gasteiger partial charge >= 0.3 is 0 Å². The molecular weight excluding hydrogens is 350 g/mol. The lowest BCUT2D eigenvalue weighted by molar-refractivity contribution is 0.0594. The smallest absolute Gasteiger partial charge is 0.223 e. The fourth-order valence-electron chi connectivity index (χ4n) is 3.02. The van der Waals surface area contributed by atoms with Crippen LogP contribution in [0.3, 0.4) is 0 Å². The lowest BCUT2D eigenvalue weighted by Gasteiger charge is -2.22. The number of aromatic nitrogens is 4. The van der Waals surface area contributed by atoms with E-state index in [9.17, 15) is 0 Å². The van der Waals surface area contributed by atoms with Crippen molar-refractivity contribution in [2.45, 2.75) is 12.8 Å². The maximum Gasteiger partial charge on any atom is 0.223 e. The standard InChI is InChI=1S/C19H20ClN5O/c20-16-4-1-5-17(9-16)25-12-15(11-23-25)18-6-7-21-19(24-18)22-10-14-3-2-8-26-13-14/h1,4-7,9,11-12,14H,2-3,8,10,13H2,(H,21,22,24)/t14-/m1/s1. The molecule has 0 unspecified atom stereocenters. The number of nitrogens with one attached hydrogen (secondary N) is 1. The van der Waals surface area contributed by atoms with E-state index >= 15 is 0 Å². The number of anilines is 1. The molecule has 3 heterocycles. The molecule has 1 saturated heterocycles. The van der Waals surface area contributed by atoms with Crippen LogP contribution in [0.2, 0.25) is 5.02 Å². The van der Waals surface area contributed by atoms with Gasteiger partial charge in [0.15, 0.2) is 0 Å². The topological polar surface area (TPSA) is 64.9 Å². The van der Waals surface area contributed by atoms with Crippen LogP contribution >= 0.6 is 11.6 Å². The van der Waals surface area contributed by atoms with Crippen molar-refractivity contribution >= 4 is 17.5 Å². The molecule has 0 spiro atoms. The zero-order valence-electron chi connectivity index (χ0n) is 14.3. The van der Waals surface area contributed by atoms with Gasteiger partial charge in [-0.3, -0.25) is 0 Å². The van der Waals surface area contributed by atoms with Gasteiger partial charge in [0, 0.05) is 36.1 Å². The molecule has 3 aromatic rings. The third kappa shape index (κ3) is 4.03. The van der Waals surface area contributed by atoms with Gasteiger partial charge in [0.25, 0.3) is 0 Å². The third-order valence-electron chi connectivity index (χ3n) is 4.41. The minimum absolute atomic E-state index is 0.515. The minimum Gasteiger partial charge on any atom is -0.381 e. The molecule has 0 amide bonds. The highest BCUT2D eigenvalue weighted by atomic mass is 35.5. The van der Waals surface area contributed by atoms with Gasteiger partial charge in [-0.05, 0) is 43.0 Å². The van der Waals surface area contributed by atoms with E-state index in [1.807, 2.05) is 36.5 Å². The van der Waals surface area contributed by atoms with Gasteiger partial charge in [0.1, 0.15) is 0 Å². The average molecular weight is 370 g/mol. The number of rotatable bonds is 5. The Hall–Kier alpha value is -2.44. The number of hydrogen-bond acceptors (Lipinski definition) is 5. The fraction of sp³-hybridized carbons (Fsp3) is 0.316. The molecule has 0 aliphatic carbocycles. The number of ether oxygens (including phenoxy) is 1. The van der Waals surface area contributed by atoms with Gasteiger partial charge < -0.3 is 10.1 Å². The van der Waals surface area contributed by atoms with Crippen LogP contribution in [0.25, 0.3) is 16.9 Å². The number of nitrogens with zero attached hydrogens (tertiary/aromatic N) is 4. The van der Waals surface area contributed by atoms with Gasteiger partial charge in [0.2, 0.25) is 5.95 Å². The first-order valence-electron chi connectivity index (χ1n) is 8.73. The molecule has 1 aromatic carbocycles. The Kier molecular flexibility index (Phi) is 5.13. The van der Waals surface area contributed by atoms with Gasteiger partial charge in [0.05, 0.1) is 24.2 Å². The molecule has 26 heavy (non-hydrogen) atoms. The summed E-state index contributed by atoms with van der Waals surface area (Å²) in [6.07, 6.45) is 7.79. The summed E-state index contributed by atoms with van der Waals surface area (Å²) in [7, 11) is 0. The molecular formula is C19H20ClN5O. The molecule has 1 fully saturated rings. The van der Waals surface area contributed by atoms with Crippen LogP contribution in [0.5, 0.6) is 0 Å². The van der Waals surface area contributed by atoms with Crippen LogP contribution in [0.15, 0.2) is 48.9 Å². The first-order chi connectivity index (χ1) is 12.8. The highest BCUT2D eigenvalue weighted by molar-refractivity contribution is 6.30. The van der Waals surface area contributed by atoms with Crippen molar-refractivity contribution in [1.29, 1.82) is 0 Å². The number of hydrogen-bond donors (Lipinski definition) is 1. The summed E-state index contributed by atoms with van der Waals surface area (Å²) in [6, 6.07) is 9.46. The molecule has 1 aliphatic rings. The number of halogens is 1. The summed E-state index contributed by atoms with van der Waals surface area (Å²) in [5.74, 6) is 1.14. The lowest BCUT2D eigenvalue weighted by Crippen LogP contribution is -2.24. The maximum atomic E-state index is 6.06. The third-order valence-corrected chi connectivity index (χ3v) is 4.65. The summed E-state index contributed by atoms with van der Waals surface area (Å²) >= 11 is 6.06. The van der Waals surface area contributed by atoms with E-state index in [0.717, 1.165) is 43.1 Å². The zero-order valence-corrected chi connectivity index (χ0v) is 15.1. The van der Waals surface area contributed by atoms with E-state index in [-0.39, 0.29) is 0 Å². The van der Waals surface area contributed by atoms with Gasteiger partial charge in [-0.15, -0.1) is 0 Å². The van der Waals surface area contributed by atoms with Gasteiger partial charge in [-0.1, -0.05) is 17.7 Å². The van der Waals surface area contributed by atoms with Crippen LogP contribution in [0.1, 0.15) is 12.8 Å². The van der Waals surface area contributed by atoms with Crippen LogP contribution in [0.4, 0.5) is 5.95 Å². The summed E-state index contributed by atoms with van der Waals surface area (Å²) in [6.45, 7) is 2.50. The van der Waals surface area contributed by atoms with Crippen molar-refractivity contribution in [3.63, 3.8) is 0 Å². The lowest BCUT2D eigenvalue weighted by atomic mass is 10.0. The zero-order chi connectivity index (χ0) is 17.8. The second kappa shape index (κ2) is 7.85. The highest BCUT2D eigenvalue weighted by Crippen LogP contribution is 2.21. The molecule has 1 aliphatic heterocycles. The first kappa shape index (κ1) is 17.0. The summed E-state index contributed by atoms with van der Waals surface area (Å²) in [5.41, 5.74) is 2.67. The quantitative estimate of drug-likeness (QED) is 0.740. The molecule has 2 aromatic heterocycles. The van der Waals surface area contributed by atoms with E-state index < -0.39 is 0 Å².